The highest BCUT2D eigenvalue weighted by Gasteiger charge is 2.69. The van der Waals surface area contributed by atoms with Crippen molar-refractivity contribution >= 4 is 5.82 Å². The van der Waals surface area contributed by atoms with Crippen LogP contribution in [0.3, 0.4) is 0 Å². The molecule has 0 radical (unpaired) electrons. The van der Waals surface area contributed by atoms with E-state index >= 15 is 0 Å². The summed E-state index contributed by atoms with van der Waals surface area (Å²) in [7, 11) is 0. The first-order chi connectivity index (χ1) is 17.1. The maximum absolute atomic E-state index is 12.8. The van der Waals surface area contributed by atoms with Crippen molar-refractivity contribution in [3.05, 3.63) is 24.3 Å². The number of hydrogen-bond donors (Lipinski definition) is 2. The Kier molecular flexibility index (Phi) is 5.30. The van der Waals surface area contributed by atoms with Gasteiger partial charge in [-0.05, 0) is 30.7 Å². The minimum atomic E-state index is -4.88. The number of rotatable bonds is 4. The van der Waals surface area contributed by atoms with Gasteiger partial charge in [0.1, 0.15) is 11.9 Å². The van der Waals surface area contributed by atoms with Crippen molar-refractivity contribution in [3.63, 3.8) is 0 Å². The van der Waals surface area contributed by atoms with E-state index in [2.05, 4.69) is 41.9 Å². The predicted molar refractivity (Wildman–Crippen MR) is 125 cm³/mol. The lowest BCUT2D eigenvalue weighted by molar-refractivity contribution is -0.274. The Bertz CT molecular complexity index is 1210. The Morgan fingerprint density at radius 2 is 2.00 bits per heavy atom. The van der Waals surface area contributed by atoms with E-state index in [1.165, 1.54) is 12.3 Å². The van der Waals surface area contributed by atoms with Crippen molar-refractivity contribution in [1.82, 2.24) is 24.3 Å². The number of pyridine rings is 1. The average molecular weight is 503 g/mol. The van der Waals surface area contributed by atoms with E-state index in [0.717, 1.165) is 39.0 Å². The van der Waals surface area contributed by atoms with E-state index < -0.39 is 18.2 Å². The zero-order valence-corrected chi connectivity index (χ0v) is 19.9. The van der Waals surface area contributed by atoms with E-state index in [1.807, 2.05) is 6.20 Å². The molecule has 192 valence electrons. The van der Waals surface area contributed by atoms with Crippen LogP contribution in [-0.2, 0) is 5.54 Å². The SMILES string of the molecule is C#CCN1CCN(C2C3CC4(C3)C2C(C)C(O)c2nc(-c3cnc(N)c(OC(F)(F)F)c3)cn24)CC1. The summed E-state index contributed by atoms with van der Waals surface area (Å²) in [6.07, 6.45) is 5.09. The third-order valence-electron chi connectivity index (χ3n) is 8.79. The van der Waals surface area contributed by atoms with Gasteiger partial charge in [-0.1, -0.05) is 12.8 Å². The molecule has 36 heavy (non-hydrogen) atoms. The number of nitrogens with zero attached hydrogens (tertiary/aromatic N) is 5. The van der Waals surface area contributed by atoms with Crippen LogP contribution in [0.4, 0.5) is 19.0 Å². The number of aromatic nitrogens is 3. The van der Waals surface area contributed by atoms with Crippen molar-refractivity contribution in [2.24, 2.45) is 17.8 Å². The summed E-state index contributed by atoms with van der Waals surface area (Å²) in [6, 6.07) is 1.58. The molecule has 11 heteroatoms. The van der Waals surface area contributed by atoms with Crippen molar-refractivity contribution in [3.8, 4) is 29.4 Å². The van der Waals surface area contributed by atoms with Gasteiger partial charge in [0.25, 0.3) is 0 Å². The molecule has 2 aromatic heterocycles. The molecule has 4 fully saturated rings. The van der Waals surface area contributed by atoms with E-state index in [4.69, 9.17) is 12.2 Å². The number of nitrogen functional groups attached to an aromatic ring is 1. The molecule has 0 aromatic carbocycles. The first-order valence-corrected chi connectivity index (χ1v) is 12.3. The Morgan fingerprint density at radius 1 is 1.28 bits per heavy atom. The molecule has 3 saturated carbocycles. The van der Waals surface area contributed by atoms with E-state index in [1.54, 1.807) is 0 Å². The van der Waals surface area contributed by atoms with Crippen molar-refractivity contribution in [2.45, 2.75) is 43.8 Å². The van der Waals surface area contributed by atoms with Crippen LogP contribution in [0.2, 0.25) is 0 Å². The molecule has 3 aliphatic carbocycles. The fourth-order valence-corrected chi connectivity index (χ4v) is 7.34. The van der Waals surface area contributed by atoms with Gasteiger partial charge in [-0.15, -0.1) is 19.6 Å². The highest BCUT2D eigenvalue weighted by molar-refractivity contribution is 5.64. The number of aliphatic hydroxyl groups excluding tert-OH is 1. The van der Waals surface area contributed by atoms with Crippen molar-refractivity contribution in [1.29, 1.82) is 0 Å². The van der Waals surface area contributed by atoms with Gasteiger partial charge >= 0.3 is 6.36 Å². The zero-order chi connectivity index (χ0) is 25.4. The van der Waals surface area contributed by atoms with E-state index in [9.17, 15) is 18.3 Å². The van der Waals surface area contributed by atoms with Gasteiger partial charge in [-0.2, -0.15) is 0 Å². The van der Waals surface area contributed by atoms with Crippen LogP contribution in [-0.4, -0.2) is 74.6 Å². The number of nitrogens with two attached hydrogens (primary N) is 1. The molecular formula is C25H29F3N6O2. The fourth-order valence-electron chi connectivity index (χ4n) is 7.34. The number of imidazole rings is 1. The number of fused-ring (bicyclic) bond motifs is 1. The first kappa shape index (κ1) is 23.6. The Labute approximate surface area is 207 Å². The number of anilines is 1. The number of hydrogen-bond acceptors (Lipinski definition) is 7. The Hall–Kier alpha value is -2.81. The number of alkyl halides is 3. The van der Waals surface area contributed by atoms with Crippen LogP contribution in [0.1, 0.15) is 31.7 Å². The van der Waals surface area contributed by atoms with E-state index in [0.29, 0.717) is 35.6 Å². The summed E-state index contributed by atoms with van der Waals surface area (Å²) < 4.78 is 44.6. The average Bonchev–Trinajstić information content (AvgIpc) is 3.48. The normalized spacial score (nSPS) is 33.9. The highest BCUT2D eigenvalue weighted by Crippen LogP contribution is 2.67. The predicted octanol–water partition coefficient (Wildman–Crippen LogP) is 2.46. The van der Waals surface area contributed by atoms with Crippen LogP contribution in [0, 0.1) is 30.1 Å². The van der Waals surface area contributed by atoms with Crippen LogP contribution >= 0.6 is 0 Å². The molecule has 2 aliphatic heterocycles. The molecule has 2 aromatic rings. The second kappa shape index (κ2) is 8.10. The van der Waals surface area contributed by atoms with Crippen LogP contribution in [0.25, 0.3) is 11.3 Å². The largest absolute Gasteiger partial charge is 0.573 e. The summed E-state index contributed by atoms with van der Waals surface area (Å²) in [5, 5.41) is 11.3. The van der Waals surface area contributed by atoms with Crippen LogP contribution < -0.4 is 10.5 Å². The first-order valence-electron chi connectivity index (χ1n) is 12.3. The molecular weight excluding hydrogens is 473 g/mol. The molecule has 4 atom stereocenters. The van der Waals surface area contributed by atoms with E-state index in [-0.39, 0.29) is 23.2 Å². The van der Waals surface area contributed by atoms with Gasteiger partial charge in [0.05, 0.1) is 17.8 Å². The van der Waals surface area contributed by atoms with Gasteiger partial charge in [0.15, 0.2) is 11.6 Å². The summed E-state index contributed by atoms with van der Waals surface area (Å²) >= 11 is 0. The summed E-state index contributed by atoms with van der Waals surface area (Å²) in [4.78, 5) is 13.4. The molecule has 4 heterocycles. The molecule has 4 unspecified atom stereocenters. The van der Waals surface area contributed by atoms with Crippen LogP contribution in [0.15, 0.2) is 18.5 Å². The third kappa shape index (κ3) is 3.49. The van der Waals surface area contributed by atoms with Gasteiger partial charge in [0, 0.05) is 56.1 Å². The van der Waals surface area contributed by atoms with Crippen LogP contribution in [0.5, 0.6) is 5.75 Å². The number of ether oxygens (including phenoxy) is 1. The zero-order valence-electron chi connectivity index (χ0n) is 19.9. The van der Waals surface area contributed by atoms with Crippen molar-refractivity contribution < 1.29 is 23.0 Å². The highest BCUT2D eigenvalue weighted by atomic mass is 19.4. The Morgan fingerprint density at radius 3 is 2.67 bits per heavy atom. The third-order valence-corrected chi connectivity index (χ3v) is 8.79. The molecule has 8 nitrogen and oxygen atoms in total. The minimum absolute atomic E-state index is 0.00246. The molecule has 5 aliphatic rings. The Balaban J connectivity index is 1.31. The molecule has 1 saturated heterocycles. The smallest absolute Gasteiger partial charge is 0.402 e. The topological polar surface area (TPSA) is 92.7 Å². The second-order valence-electron chi connectivity index (χ2n) is 10.6. The van der Waals surface area contributed by atoms with Gasteiger partial charge in [-0.25, -0.2) is 9.97 Å². The molecule has 0 amide bonds. The quantitative estimate of drug-likeness (QED) is 0.621. The lowest BCUT2D eigenvalue weighted by Crippen LogP contribution is -2.54. The van der Waals surface area contributed by atoms with Gasteiger partial charge in [-0.3, -0.25) is 9.80 Å². The molecule has 7 rings (SSSR count). The minimum Gasteiger partial charge on any atom is -0.402 e. The number of terminal acetylenes is 1. The number of aliphatic hydroxyl groups is 1. The second-order valence-corrected chi connectivity index (χ2v) is 10.6. The summed E-state index contributed by atoms with van der Waals surface area (Å²) in [5.41, 5.74) is 6.26. The summed E-state index contributed by atoms with van der Waals surface area (Å²) in [6.45, 7) is 6.56. The number of piperazine rings is 1. The lowest BCUT2D eigenvalue weighted by atomic mass is 9.68. The van der Waals surface area contributed by atoms with Crippen molar-refractivity contribution in [2.75, 3.05) is 38.5 Å². The fraction of sp³-hybridized carbons (Fsp3) is 0.600. The maximum atomic E-state index is 12.8. The standard InChI is InChI=1S/C25H29F3N6O2/c1-3-4-32-5-7-33(8-6-32)20-16-10-24(11-16)19(20)14(2)21(35)23-31-17(13-34(23)24)15-9-18(22(29)30-12-15)36-25(26,27)28/h1,9,12-14,16,19-21,35H,4-8,10-11H2,2H3,(H2,29,30). The number of halogens is 3. The lowest BCUT2D eigenvalue weighted by Gasteiger charge is -2.49. The molecule has 2 bridgehead atoms. The summed E-state index contributed by atoms with van der Waals surface area (Å²) in [5.74, 6) is 3.18. The monoisotopic (exact) mass is 502 g/mol. The molecule has 3 N–H and O–H groups in total. The van der Waals surface area contributed by atoms with Gasteiger partial charge < -0.3 is 20.1 Å². The maximum Gasteiger partial charge on any atom is 0.573 e. The van der Waals surface area contributed by atoms with Gasteiger partial charge in [0.2, 0.25) is 0 Å². The molecule has 1 spiro atoms.